The molecule has 2 heterocycles. The minimum absolute atomic E-state index is 0.191. The minimum atomic E-state index is -0.682. The number of aliphatic hydroxyl groups is 1. The smallest absolute Gasteiger partial charge is 0.259 e. The van der Waals surface area contributed by atoms with E-state index < -0.39 is 6.10 Å². The van der Waals surface area contributed by atoms with E-state index in [0.29, 0.717) is 17.9 Å². The normalized spacial score (nSPS) is 16.7. The molecule has 1 aliphatic heterocycles. The van der Waals surface area contributed by atoms with Crippen LogP contribution in [0.25, 0.3) is 11.3 Å². The lowest BCUT2D eigenvalue weighted by atomic mass is 9.97. The Bertz CT molecular complexity index is 873. The third-order valence-corrected chi connectivity index (χ3v) is 4.29. The molecule has 0 aliphatic carbocycles. The van der Waals surface area contributed by atoms with Gasteiger partial charge in [0.2, 0.25) is 0 Å². The van der Waals surface area contributed by atoms with Crippen LogP contribution in [0.3, 0.4) is 0 Å². The van der Waals surface area contributed by atoms with E-state index in [9.17, 15) is 9.90 Å². The van der Waals surface area contributed by atoms with Crippen LogP contribution in [0.5, 0.6) is 0 Å². The van der Waals surface area contributed by atoms with Crippen LogP contribution in [-0.4, -0.2) is 27.6 Å². The number of aliphatic hydroxyl groups excluding tert-OH is 1. The fourth-order valence-corrected chi connectivity index (χ4v) is 3.10. The quantitative estimate of drug-likeness (QED) is 0.788. The van der Waals surface area contributed by atoms with Crippen molar-refractivity contribution in [2.75, 3.05) is 6.54 Å². The van der Waals surface area contributed by atoms with Crippen molar-refractivity contribution in [1.82, 2.24) is 10.1 Å². The van der Waals surface area contributed by atoms with Gasteiger partial charge in [-0.25, -0.2) is 0 Å². The van der Waals surface area contributed by atoms with Gasteiger partial charge in [0.25, 0.3) is 5.91 Å². The first-order valence-corrected chi connectivity index (χ1v) is 7.79. The van der Waals surface area contributed by atoms with Gasteiger partial charge in [-0.05, 0) is 11.1 Å². The topological polar surface area (TPSA) is 66.6 Å². The Balaban J connectivity index is 1.66. The van der Waals surface area contributed by atoms with Crippen molar-refractivity contribution >= 4 is 5.91 Å². The molecule has 24 heavy (non-hydrogen) atoms. The van der Waals surface area contributed by atoms with E-state index in [1.54, 1.807) is 4.90 Å². The Labute approximate surface area is 139 Å². The zero-order valence-electron chi connectivity index (χ0n) is 12.9. The number of carbonyl (C=O) groups is 1. The second kappa shape index (κ2) is 5.94. The van der Waals surface area contributed by atoms with Crippen LogP contribution >= 0.6 is 0 Å². The molecule has 3 aromatic rings. The molecule has 0 spiro atoms. The average Bonchev–Trinajstić information content (AvgIpc) is 3.11. The maximum Gasteiger partial charge on any atom is 0.259 e. The van der Waals surface area contributed by atoms with E-state index in [-0.39, 0.29) is 12.5 Å². The number of hydrogen-bond donors (Lipinski definition) is 1. The standard InChI is InChI=1S/C19H16N2O3/c22-17-12-21(11-14-8-4-5-9-15(14)17)19(23)16-10-20-24-18(16)13-6-2-1-3-7-13/h1-10,17,22H,11-12H2. The van der Waals surface area contributed by atoms with Gasteiger partial charge in [0.1, 0.15) is 5.56 Å². The lowest BCUT2D eigenvalue weighted by Crippen LogP contribution is -2.38. The summed E-state index contributed by atoms with van der Waals surface area (Å²) in [6.45, 7) is 0.723. The Morgan fingerprint density at radius 2 is 1.88 bits per heavy atom. The van der Waals surface area contributed by atoms with Crippen LogP contribution in [0.2, 0.25) is 0 Å². The molecule has 5 nitrogen and oxygen atoms in total. The van der Waals surface area contributed by atoms with E-state index in [4.69, 9.17) is 4.52 Å². The maximum absolute atomic E-state index is 12.9. The van der Waals surface area contributed by atoms with Gasteiger partial charge in [-0.2, -0.15) is 0 Å². The van der Waals surface area contributed by atoms with Gasteiger partial charge < -0.3 is 14.5 Å². The first-order valence-electron chi connectivity index (χ1n) is 7.79. The molecule has 1 aliphatic rings. The van der Waals surface area contributed by atoms with Crippen molar-refractivity contribution in [2.45, 2.75) is 12.6 Å². The summed E-state index contributed by atoms with van der Waals surface area (Å²) < 4.78 is 5.30. The summed E-state index contributed by atoms with van der Waals surface area (Å²) in [5.41, 5.74) is 3.06. The molecule has 1 N–H and O–H groups in total. The van der Waals surface area contributed by atoms with Gasteiger partial charge in [0.15, 0.2) is 5.76 Å². The molecule has 2 aromatic carbocycles. The molecule has 5 heteroatoms. The van der Waals surface area contributed by atoms with E-state index in [1.165, 1.54) is 6.20 Å². The van der Waals surface area contributed by atoms with E-state index >= 15 is 0 Å². The number of hydrogen-bond acceptors (Lipinski definition) is 4. The van der Waals surface area contributed by atoms with Crippen LogP contribution in [-0.2, 0) is 6.54 Å². The van der Waals surface area contributed by atoms with E-state index in [2.05, 4.69) is 5.16 Å². The highest BCUT2D eigenvalue weighted by Crippen LogP contribution is 2.30. The van der Waals surface area contributed by atoms with E-state index in [0.717, 1.165) is 16.7 Å². The lowest BCUT2D eigenvalue weighted by Gasteiger charge is -2.32. The fourth-order valence-electron chi connectivity index (χ4n) is 3.10. The minimum Gasteiger partial charge on any atom is -0.387 e. The van der Waals surface area contributed by atoms with Crippen molar-refractivity contribution in [1.29, 1.82) is 0 Å². The Morgan fingerprint density at radius 3 is 2.71 bits per heavy atom. The molecule has 0 fully saturated rings. The number of β-amino-alcohol motifs (C(OH)–C–C–N with tert-alkyl or cyclic N) is 1. The highest BCUT2D eigenvalue weighted by molar-refractivity contribution is 5.99. The van der Waals surface area contributed by atoms with Crippen molar-refractivity contribution in [2.24, 2.45) is 0 Å². The number of nitrogens with zero attached hydrogens (tertiary/aromatic N) is 2. The predicted octanol–water partition coefficient (Wildman–Crippen LogP) is 3.03. The number of amides is 1. The second-order valence-corrected chi connectivity index (χ2v) is 5.83. The lowest BCUT2D eigenvalue weighted by molar-refractivity contribution is 0.0550. The van der Waals surface area contributed by atoms with Gasteiger partial charge >= 0.3 is 0 Å². The number of carbonyl (C=O) groups excluding carboxylic acids is 1. The molecule has 120 valence electrons. The van der Waals surface area contributed by atoms with Crippen molar-refractivity contribution < 1.29 is 14.4 Å². The van der Waals surface area contributed by atoms with Crippen molar-refractivity contribution in [3.8, 4) is 11.3 Å². The number of fused-ring (bicyclic) bond motifs is 1. The molecule has 1 unspecified atom stereocenters. The number of rotatable bonds is 2. The SMILES string of the molecule is O=C(c1cnoc1-c1ccccc1)N1Cc2ccccc2C(O)C1. The monoisotopic (exact) mass is 320 g/mol. The summed E-state index contributed by atoms with van der Waals surface area (Å²) in [6, 6.07) is 17.1. The van der Waals surface area contributed by atoms with Gasteiger partial charge in [-0.15, -0.1) is 0 Å². The van der Waals surface area contributed by atoms with Crippen LogP contribution in [0, 0.1) is 0 Å². The molecule has 0 bridgehead atoms. The Morgan fingerprint density at radius 1 is 1.12 bits per heavy atom. The largest absolute Gasteiger partial charge is 0.387 e. The highest BCUT2D eigenvalue weighted by atomic mass is 16.5. The summed E-state index contributed by atoms with van der Waals surface area (Å²) >= 11 is 0. The summed E-state index contributed by atoms with van der Waals surface area (Å²) in [5, 5.41) is 14.1. The van der Waals surface area contributed by atoms with Gasteiger partial charge in [0.05, 0.1) is 18.8 Å². The first-order chi connectivity index (χ1) is 11.7. The van der Waals surface area contributed by atoms with Gasteiger partial charge in [-0.1, -0.05) is 59.8 Å². The predicted molar refractivity (Wildman–Crippen MR) is 88.1 cm³/mol. The molecule has 1 atom stereocenters. The fraction of sp³-hybridized carbons (Fsp3) is 0.158. The van der Waals surface area contributed by atoms with Gasteiger partial charge in [0, 0.05) is 12.1 Å². The Hall–Kier alpha value is -2.92. The van der Waals surface area contributed by atoms with Crippen LogP contribution in [0.4, 0.5) is 0 Å². The molecule has 1 aromatic heterocycles. The zero-order chi connectivity index (χ0) is 16.5. The number of benzene rings is 2. The maximum atomic E-state index is 12.9. The van der Waals surface area contributed by atoms with Gasteiger partial charge in [-0.3, -0.25) is 4.79 Å². The summed E-state index contributed by atoms with van der Waals surface area (Å²) in [6.07, 6.45) is 0.760. The summed E-state index contributed by atoms with van der Waals surface area (Å²) in [5.74, 6) is 0.262. The van der Waals surface area contributed by atoms with Crippen molar-refractivity contribution in [3.63, 3.8) is 0 Å². The van der Waals surface area contributed by atoms with Crippen LogP contribution in [0.15, 0.2) is 65.3 Å². The molecule has 1 amide bonds. The van der Waals surface area contributed by atoms with Crippen LogP contribution in [0.1, 0.15) is 27.6 Å². The average molecular weight is 320 g/mol. The molecular formula is C19H16N2O3. The zero-order valence-corrected chi connectivity index (χ0v) is 12.9. The van der Waals surface area contributed by atoms with Crippen molar-refractivity contribution in [3.05, 3.63) is 77.5 Å². The molecule has 4 rings (SSSR count). The van der Waals surface area contributed by atoms with Crippen LogP contribution < -0.4 is 0 Å². The number of aromatic nitrogens is 1. The highest BCUT2D eigenvalue weighted by Gasteiger charge is 2.29. The third kappa shape index (κ3) is 2.49. The summed E-state index contributed by atoms with van der Waals surface area (Å²) in [7, 11) is 0. The molecular weight excluding hydrogens is 304 g/mol. The summed E-state index contributed by atoms with van der Waals surface area (Å²) in [4.78, 5) is 14.6. The first kappa shape index (κ1) is 14.7. The third-order valence-electron chi connectivity index (χ3n) is 4.29. The molecule has 0 saturated heterocycles. The molecule has 0 radical (unpaired) electrons. The second-order valence-electron chi connectivity index (χ2n) is 5.83. The Kier molecular flexibility index (Phi) is 3.63. The van der Waals surface area contributed by atoms with E-state index in [1.807, 2.05) is 54.6 Å². The molecule has 0 saturated carbocycles.